The average Bonchev–Trinajstić information content (AvgIpc) is 2.45. The van der Waals surface area contributed by atoms with E-state index in [0.29, 0.717) is 6.61 Å². The van der Waals surface area contributed by atoms with Gasteiger partial charge in [0.25, 0.3) is 0 Å². The Kier molecular flexibility index (Phi) is 5.37. The van der Waals surface area contributed by atoms with Gasteiger partial charge < -0.3 is 10.5 Å². The van der Waals surface area contributed by atoms with Crippen molar-refractivity contribution in [2.45, 2.75) is 26.3 Å². The lowest BCUT2D eigenvalue weighted by molar-refractivity contribution is 0.315. The number of aryl methyl sites for hydroxylation is 1. The molecule has 0 saturated carbocycles. The fourth-order valence-electron chi connectivity index (χ4n) is 2.21. The maximum Gasteiger partial charge on any atom is 0.133 e. The third kappa shape index (κ3) is 3.83. The number of benzene rings is 2. The molecule has 112 valence electrons. The summed E-state index contributed by atoms with van der Waals surface area (Å²) in [6, 6.07) is 10.2. The second-order valence-electron chi connectivity index (χ2n) is 5.02. The van der Waals surface area contributed by atoms with E-state index in [9.17, 15) is 4.39 Å². The molecule has 1 atom stereocenters. The van der Waals surface area contributed by atoms with Crippen molar-refractivity contribution in [3.05, 3.63) is 63.4 Å². The van der Waals surface area contributed by atoms with Crippen LogP contribution >= 0.6 is 15.9 Å². The number of rotatable bonds is 5. The Hall–Kier alpha value is -1.39. The Morgan fingerprint density at radius 1 is 1.24 bits per heavy atom. The Labute approximate surface area is 133 Å². The highest BCUT2D eigenvalue weighted by Gasteiger charge is 2.14. The molecule has 1 unspecified atom stereocenters. The molecule has 0 radical (unpaired) electrons. The van der Waals surface area contributed by atoms with E-state index in [-0.39, 0.29) is 11.9 Å². The van der Waals surface area contributed by atoms with Gasteiger partial charge >= 0.3 is 0 Å². The van der Waals surface area contributed by atoms with Crippen molar-refractivity contribution < 1.29 is 9.13 Å². The van der Waals surface area contributed by atoms with Gasteiger partial charge in [-0.1, -0.05) is 19.1 Å². The minimum Gasteiger partial charge on any atom is -0.492 e. The summed E-state index contributed by atoms with van der Waals surface area (Å²) in [5.41, 5.74) is 9.03. The summed E-state index contributed by atoms with van der Waals surface area (Å²) in [7, 11) is 0. The Morgan fingerprint density at radius 2 is 2.00 bits per heavy atom. The molecule has 0 fully saturated rings. The van der Waals surface area contributed by atoms with Crippen LogP contribution in [-0.4, -0.2) is 6.61 Å². The topological polar surface area (TPSA) is 35.2 Å². The highest BCUT2D eigenvalue weighted by Crippen LogP contribution is 2.31. The van der Waals surface area contributed by atoms with Gasteiger partial charge in [0, 0.05) is 0 Å². The van der Waals surface area contributed by atoms with E-state index in [1.807, 2.05) is 25.1 Å². The van der Waals surface area contributed by atoms with Crippen LogP contribution < -0.4 is 10.5 Å². The van der Waals surface area contributed by atoms with E-state index in [1.54, 1.807) is 6.07 Å². The Morgan fingerprint density at radius 3 is 2.62 bits per heavy atom. The number of halogens is 2. The zero-order chi connectivity index (χ0) is 15.4. The molecular weight excluding hydrogens is 333 g/mol. The van der Waals surface area contributed by atoms with Crippen molar-refractivity contribution in [3.63, 3.8) is 0 Å². The summed E-state index contributed by atoms with van der Waals surface area (Å²) in [4.78, 5) is 0. The first-order valence-electron chi connectivity index (χ1n) is 6.96. The molecule has 0 heterocycles. The monoisotopic (exact) mass is 351 g/mol. The average molecular weight is 352 g/mol. The molecule has 2 N–H and O–H groups in total. The zero-order valence-electron chi connectivity index (χ0n) is 12.2. The predicted molar refractivity (Wildman–Crippen MR) is 87.1 cm³/mol. The van der Waals surface area contributed by atoms with Crippen LogP contribution in [0.25, 0.3) is 0 Å². The van der Waals surface area contributed by atoms with Crippen LogP contribution in [0.2, 0.25) is 0 Å². The van der Waals surface area contributed by atoms with Gasteiger partial charge in [-0.05, 0) is 70.2 Å². The van der Waals surface area contributed by atoms with Crippen molar-refractivity contribution in [1.82, 2.24) is 0 Å². The summed E-state index contributed by atoms with van der Waals surface area (Å²) in [6.45, 7) is 4.61. The molecule has 0 amide bonds. The highest BCUT2D eigenvalue weighted by molar-refractivity contribution is 9.10. The van der Waals surface area contributed by atoms with Crippen LogP contribution in [0.15, 0.2) is 40.9 Å². The molecule has 0 spiro atoms. The van der Waals surface area contributed by atoms with Gasteiger partial charge in [0.2, 0.25) is 0 Å². The lowest BCUT2D eigenvalue weighted by atomic mass is 9.96. The van der Waals surface area contributed by atoms with Crippen LogP contribution in [0.1, 0.15) is 36.1 Å². The molecular formula is C17H19BrFNO. The minimum absolute atomic E-state index is 0.243. The normalized spacial score (nSPS) is 12.2. The van der Waals surface area contributed by atoms with E-state index in [2.05, 4.69) is 22.9 Å². The third-order valence-electron chi connectivity index (χ3n) is 3.34. The molecule has 0 saturated heterocycles. The van der Waals surface area contributed by atoms with Gasteiger partial charge in [-0.25, -0.2) is 4.39 Å². The molecule has 0 aliphatic rings. The first-order chi connectivity index (χ1) is 10.0. The first-order valence-corrected chi connectivity index (χ1v) is 7.76. The van der Waals surface area contributed by atoms with Crippen LogP contribution in [0, 0.1) is 12.7 Å². The second-order valence-corrected chi connectivity index (χ2v) is 5.87. The van der Waals surface area contributed by atoms with Gasteiger partial charge in [-0.15, -0.1) is 0 Å². The number of hydrogen-bond acceptors (Lipinski definition) is 2. The molecule has 0 bridgehead atoms. The quantitative estimate of drug-likeness (QED) is 0.844. The number of hydrogen-bond donors (Lipinski definition) is 1. The second kappa shape index (κ2) is 7.05. The Balaban J connectivity index is 2.27. The largest absolute Gasteiger partial charge is 0.492 e. The SMILES string of the molecule is CCCOc1ccc(C(N)c2ccc(F)cc2C)cc1Br. The summed E-state index contributed by atoms with van der Waals surface area (Å²) >= 11 is 3.51. The lowest BCUT2D eigenvalue weighted by Crippen LogP contribution is -2.13. The smallest absolute Gasteiger partial charge is 0.133 e. The van der Waals surface area contributed by atoms with Gasteiger partial charge in [-0.3, -0.25) is 0 Å². The summed E-state index contributed by atoms with van der Waals surface area (Å²) in [5.74, 6) is 0.566. The van der Waals surface area contributed by atoms with Gasteiger partial charge in [0.15, 0.2) is 0 Å². The van der Waals surface area contributed by atoms with Crippen LogP contribution in [0.4, 0.5) is 4.39 Å². The van der Waals surface area contributed by atoms with Crippen molar-refractivity contribution in [2.24, 2.45) is 5.73 Å². The first kappa shape index (κ1) is 16.0. The van der Waals surface area contributed by atoms with Crippen molar-refractivity contribution >= 4 is 15.9 Å². The molecule has 0 aromatic heterocycles. The van der Waals surface area contributed by atoms with E-state index < -0.39 is 0 Å². The molecule has 2 rings (SSSR count). The van der Waals surface area contributed by atoms with Gasteiger partial charge in [-0.2, -0.15) is 0 Å². The van der Waals surface area contributed by atoms with Gasteiger partial charge in [0.05, 0.1) is 17.1 Å². The zero-order valence-corrected chi connectivity index (χ0v) is 13.8. The van der Waals surface area contributed by atoms with Crippen LogP contribution in [0.5, 0.6) is 5.75 Å². The fourth-order valence-corrected chi connectivity index (χ4v) is 2.72. The third-order valence-corrected chi connectivity index (χ3v) is 3.96. The molecule has 4 heteroatoms. The molecule has 0 aliphatic carbocycles. The molecule has 2 nitrogen and oxygen atoms in total. The standard InChI is InChI=1S/C17H19BrFNO/c1-3-8-21-16-7-4-12(10-15(16)18)17(20)14-6-5-13(19)9-11(14)2/h4-7,9-10,17H,3,8,20H2,1-2H3. The van der Waals surface area contributed by atoms with Gasteiger partial charge in [0.1, 0.15) is 11.6 Å². The van der Waals surface area contributed by atoms with E-state index >= 15 is 0 Å². The maximum absolute atomic E-state index is 13.2. The summed E-state index contributed by atoms with van der Waals surface area (Å²) in [5, 5.41) is 0. The lowest BCUT2D eigenvalue weighted by Gasteiger charge is -2.17. The predicted octanol–water partition coefficient (Wildman–Crippen LogP) is 4.73. The van der Waals surface area contributed by atoms with Crippen molar-refractivity contribution in [3.8, 4) is 5.75 Å². The molecule has 2 aromatic carbocycles. The van der Waals surface area contributed by atoms with Crippen molar-refractivity contribution in [2.75, 3.05) is 6.61 Å². The molecule has 21 heavy (non-hydrogen) atoms. The van der Waals surface area contributed by atoms with E-state index in [4.69, 9.17) is 10.5 Å². The van der Waals surface area contributed by atoms with Crippen LogP contribution in [-0.2, 0) is 0 Å². The van der Waals surface area contributed by atoms with Crippen LogP contribution in [0.3, 0.4) is 0 Å². The summed E-state index contributed by atoms with van der Waals surface area (Å²) < 4.78 is 19.7. The number of nitrogens with two attached hydrogens (primary N) is 1. The van der Waals surface area contributed by atoms with E-state index in [0.717, 1.165) is 33.3 Å². The highest BCUT2D eigenvalue weighted by atomic mass is 79.9. The number of ether oxygens (including phenoxy) is 1. The Bertz CT molecular complexity index is 630. The maximum atomic E-state index is 13.2. The fraction of sp³-hybridized carbons (Fsp3) is 0.294. The molecule has 0 aliphatic heterocycles. The minimum atomic E-state index is -0.290. The van der Waals surface area contributed by atoms with E-state index in [1.165, 1.54) is 12.1 Å². The van der Waals surface area contributed by atoms with Crippen molar-refractivity contribution in [1.29, 1.82) is 0 Å². The summed E-state index contributed by atoms with van der Waals surface area (Å²) in [6.07, 6.45) is 0.961. The molecule has 2 aromatic rings.